The minimum atomic E-state index is -0.560. The lowest BCUT2D eigenvalue weighted by Gasteiger charge is -2.49. The van der Waals surface area contributed by atoms with Gasteiger partial charge in [0.2, 0.25) is 5.70 Å². The van der Waals surface area contributed by atoms with Gasteiger partial charge in [0, 0.05) is 41.4 Å². The molecule has 26 heavy (non-hydrogen) atoms. The Bertz CT molecular complexity index is 977. The molecule has 0 saturated heterocycles. The monoisotopic (exact) mass is 346 g/mol. The van der Waals surface area contributed by atoms with Crippen LogP contribution in [0.25, 0.3) is 16.1 Å². The molecule has 2 heterocycles. The van der Waals surface area contributed by atoms with Gasteiger partial charge in [-0.25, -0.2) is 4.85 Å². The third-order valence-electron chi connectivity index (χ3n) is 6.26. The number of ketones is 1. The highest BCUT2D eigenvalue weighted by molar-refractivity contribution is 6.02. The molecule has 0 spiro atoms. The Hall–Kier alpha value is -2.74. The SMILES string of the molecule is [C-]#[N+]C1=C[C@]2(C)c3nn(C)c(-c4ccncc4)c3CC[C@H]2C(C)(C)C1=O. The largest absolute Gasteiger partial charge is 0.307 e. The minimum absolute atomic E-state index is 0.0382. The van der Waals surface area contributed by atoms with Crippen LogP contribution in [0.15, 0.2) is 36.3 Å². The zero-order valence-electron chi connectivity index (χ0n) is 15.6. The van der Waals surface area contributed by atoms with E-state index in [1.54, 1.807) is 12.4 Å². The second kappa shape index (κ2) is 5.38. The third kappa shape index (κ3) is 2.05. The van der Waals surface area contributed by atoms with Crippen LogP contribution in [0, 0.1) is 17.9 Å². The van der Waals surface area contributed by atoms with Gasteiger partial charge in [-0.2, -0.15) is 5.10 Å². The summed E-state index contributed by atoms with van der Waals surface area (Å²) in [5, 5.41) is 4.88. The molecule has 0 unspecified atom stereocenters. The number of Topliss-reactive ketones (excluding diaryl/α,β-unsaturated/α-hetero) is 1. The van der Waals surface area contributed by atoms with Crippen LogP contribution in [0.1, 0.15) is 38.4 Å². The zero-order valence-corrected chi connectivity index (χ0v) is 15.6. The Kier molecular flexibility index (Phi) is 3.46. The van der Waals surface area contributed by atoms with E-state index < -0.39 is 10.8 Å². The van der Waals surface area contributed by atoms with Gasteiger partial charge >= 0.3 is 0 Å². The maximum atomic E-state index is 12.8. The normalized spacial score (nSPS) is 26.5. The Morgan fingerprint density at radius 3 is 2.62 bits per heavy atom. The Morgan fingerprint density at radius 1 is 1.27 bits per heavy atom. The molecule has 0 N–H and O–H groups in total. The quantitative estimate of drug-likeness (QED) is 0.740. The van der Waals surface area contributed by atoms with Crippen molar-refractivity contribution in [1.82, 2.24) is 14.8 Å². The van der Waals surface area contributed by atoms with E-state index in [1.165, 1.54) is 5.56 Å². The summed E-state index contributed by atoms with van der Waals surface area (Å²) in [4.78, 5) is 20.4. The van der Waals surface area contributed by atoms with Gasteiger partial charge in [-0.3, -0.25) is 9.67 Å². The molecule has 2 aromatic rings. The molecule has 0 saturated carbocycles. The van der Waals surface area contributed by atoms with Crippen LogP contribution < -0.4 is 0 Å². The van der Waals surface area contributed by atoms with Gasteiger partial charge in [-0.15, -0.1) is 0 Å². The molecule has 0 aliphatic heterocycles. The maximum Gasteiger partial charge on any atom is 0.226 e. The minimum Gasteiger partial charge on any atom is -0.307 e. The standard InChI is InChI=1S/C21H22N4O/c1-20(2)16-7-6-14-17(13-8-10-23-11-9-13)25(5)24-18(14)21(16,3)12-15(22-4)19(20)26/h8-12,16H,6-7H2,1-3,5H3/t16-,21-/m0/s1. The van der Waals surface area contributed by atoms with Crippen molar-refractivity contribution in [2.45, 2.75) is 39.0 Å². The van der Waals surface area contributed by atoms with Crippen LogP contribution >= 0.6 is 0 Å². The first-order valence-electron chi connectivity index (χ1n) is 8.92. The van der Waals surface area contributed by atoms with Crippen molar-refractivity contribution in [3.05, 3.63) is 59.0 Å². The number of allylic oxidation sites excluding steroid dienone is 2. The number of nitrogens with zero attached hydrogens (tertiary/aromatic N) is 4. The first-order chi connectivity index (χ1) is 12.3. The zero-order chi connectivity index (χ0) is 18.7. The van der Waals surface area contributed by atoms with E-state index in [2.05, 4.69) is 16.8 Å². The van der Waals surface area contributed by atoms with Crippen molar-refractivity contribution in [1.29, 1.82) is 0 Å². The molecule has 5 heteroatoms. The van der Waals surface area contributed by atoms with Gasteiger partial charge < -0.3 is 4.79 Å². The van der Waals surface area contributed by atoms with E-state index in [4.69, 9.17) is 11.7 Å². The molecule has 2 aromatic heterocycles. The molecule has 0 bridgehead atoms. The Labute approximate surface area is 153 Å². The third-order valence-corrected chi connectivity index (χ3v) is 6.26. The summed E-state index contributed by atoms with van der Waals surface area (Å²) in [5.41, 5.74) is 3.71. The molecule has 5 nitrogen and oxygen atoms in total. The van der Waals surface area contributed by atoms with E-state index in [0.717, 1.165) is 29.8 Å². The van der Waals surface area contributed by atoms with Gasteiger partial charge in [0.15, 0.2) is 5.78 Å². The van der Waals surface area contributed by atoms with Crippen LogP contribution in [0.3, 0.4) is 0 Å². The first-order valence-corrected chi connectivity index (χ1v) is 8.92. The molecular formula is C21H22N4O. The number of aryl methyl sites for hydroxylation is 1. The number of carbonyl (C=O) groups is 1. The summed E-state index contributed by atoms with van der Waals surface area (Å²) in [6, 6.07) is 4.00. The van der Waals surface area contributed by atoms with Gasteiger partial charge in [0.05, 0.1) is 18.0 Å². The highest BCUT2D eigenvalue weighted by Crippen LogP contribution is 2.55. The summed E-state index contributed by atoms with van der Waals surface area (Å²) in [7, 11) is 1.96. The summed E-state index contributed by atoms with van der Waals surface area (Å²) in [5.74, 6) is 0.101. The lowest BCUT2D eigenvalue weighted by Crippen LogP contribution is -2.50. The second-order valence-corrected chi connectivity index (χ2v) is 8.10. The topological polar surface area (TPSA) is 52.1 Å². The molecule has 4 rings (SSSR count). The van der Waals surface area contributed by atoms with Crippen LogP contribution in [-0.2, 0) is 23.7 Å². The van der Waals surface area contributed by atoms with Gasteiger partial charge in [0.25, 0.3) is 0 Å². The number of hydrogen-bond donors (Lipinski definition) is 0. The van der Waals surface area contributed by atoms with Gasteiger partial charge in [-0.1, -0.05) is 26.8 Å². The van der Waals surface area contributed by atoms with E-state index >= 15 is 0 Å². The van der Waals surface area contributed by atoms with E-state index in [1.807, 2.05) is 43.8 Å². The Balaban J connectivity index is 1.97. The summed E-state index contributed by atoms with van der Waals surface area (Å²) in [6.07, 6.45) is 7.26. The molecule has 0 radical (unpaired) electrons. The number of fused-ring (bicyclic) bond motifs is 3. The molecule has 0 fully saturated rings. The number of rotatable bonds is 1. The molecule has 2 atom stereocenters. The van der Waals surface area contributed by atoms with Crippen molar-refractivity contribution in [3.8, 4) is 11.3 Å². The van der Waals surface area contributed by atoms with Gasteiger partial charge in [0.1, 0.15) is 0 Å². The van der Waals surface area contributed by atoms with Crippen molar-refractivity contribution in [2.24, 2.45) is 18.4 Å². The molecule has 0 aromatic carbocycles. The molecule has 132 valence electrons. The van der Waals surface area contributed by atoms with Gasteiger partial charge in [-0.05, 0) is 30.9 Å². The van der Waals surface area contributed by atoms with Crippen LogP contribution in [0.2, 0.25) is 0 Å². The molecule has 2 aliphatic rings. The fraction of sp³-hybridized carbons (Fsp3) is 0.429. The highest BCUT2D eigenvalue weighted by atomic mass is 16.1. The lowest BCUT2D eigenvalue weighted by molar-refractivity contribution is -0.128. The highest BCUT2D eigenvalue weighted by Gasteiger charge is 2.55. The van der Waals surface area contributed by atoms with Crippen molar-refractivity contribution in [2.75, 3.05) is 0 Å². The summed E-state index contributed by atoms with van der Waals surface area (Å²) < 4.78 is 1.93. The van der Waals surface area contributed by atoms with E-state index in [-0.39, 0.29) is 17.4 Å². The predicted octanol–water partition coefficient (Wildman–Crippen LogP) is 3.71. The summed E-state index contributed by atoms with van der Waals surface area (Å²) in [6.45, 7) is 13.6. The number of carbonyl (C=O) groups excluding carboxylic acids is 1. The average Bonchev–Trinajstić information content (AvgIpc) is 2.96. The molecule has 2 aliphatic carbocycles. The maximum absolute atomic E-state index is 12.8. The van der Waals surface area contributed by atoms with E-state index in [0.29, 0.717) is 0 Å². The smallest absolute Gasteiger partial charge is 0.226 e. The summed E-state index contributed by atoms with van der Waals surface area (Å²) >= 11 is 0. The Morgan fingerprint density at radius 2 is 1.96 bits per heavy atom. The lowest BCUT2D eigenvalue weighted by atomic mass is 9.53. The number of pyridine rings is 1. The van der Waals surface area contributed by atoms with Crippen LogP contribution in [0.5, 0.6) is 0 Å². The average molecular weight is 346 g/mol. The van der Waals surface area contributed by atoms with Crippen LogP contribution in [-0.4, -0.2) is 20.5 Å². The number of hydrogen-bond acceptors (Lipinski definition) is 3. The fourth-order valence-corrected chi connectivity index (χ4v) is 5.06. The first kappa shape index (κ1) is 16.7. The second-order valence-electron chi connectivity index (χ2n) is 8.10. The predicted molar refractivity (Wildman–Crippen MR) is 99.1 cm³/mol. The molecular weight excluding hydrogens is 324 g/mol. The van der Waals surface area contributed by atoms with Crippen molar-refractivity contribution >= 4 is 5.78 Å². The van der Waals surface area contributed by atoms with E-state index in [9.17, 15) is 4.79 Å². The fourth-order valence-electron chi connectivity index (χ4n) is 5.06. The molecule has 0 amide bonds. The van der Waals surface area contributed by atoms with Crippen LogP contribution in [0.4, 0.5) is 0 Å². The van der Waals surface area contributed by atoms with Crippen molar-refractivity contribution in [3.63, 3.8) is 0 Å². The number of aromatic nitrogens is 3. The van der Waals surface area contributed by atoms with Crippen molar-refractivity contribution < 1.29 is 4.79 Å².